The van der Waals surface area contributed by atoms with Crippen LogP contribution in [0.3, 0.4) is 0 Å². The molecule has 0 unspecified atom stereocenters. The average molecular weight is 375 g/mol. The Kier molecular flexibility index (Phi) is 6.55. The van der Waals surface area contributed by atoms with Crippen LogP contribution in [0.25, 0.3) is 0 Å². The molecule has 0 saturated carbocycles. The Bertz CT molecular complexity index is 663. The zero-order chi connectivity index (χ0) is 20.4. The van der Waals surface area contributed by atoms with Crippen LogP contribution >= 0.6 is 0 Å². The highest BCUT2D eigenvalue weighted by Gasteiger charge is 2.37. The third kappa shape index (κ3) is 5.24. The summed E-state index contributed by atoms with van der Waals surface area (Å²) in [5, 5.41) is 3.14. The van der Waals surface area contributed by atoms with Gasteiger partial charge in [-0.2, -0.15) is 0 Å². The molecule has 1 fully saturated rings. The number of likely N-dealkylation sites (tertiary alicyclic amines) is 1. The Labute approximate surface area is 163 Å². The zero-order valence-electron chi connectivity index (χ0n) is 17.8. The van der Waals surface area contributed by atoms with E-state index in [1.165, 1.54) is 0 Å². The van der Waals surface area contributed by atoms with E-state index in [0.717, 1.165) is 23.2 Å². The monoisotopic (exact) mass is 374 g/mol. The molecule has 1 atom stereocenters. The van der Waals surface area contributed by atoms with Gasteiger partial charge in [0.25, 0.3) is 0 Å². The molecule has 1 saturated heterocycles. The fraction of sp³-hybridized carbons (Fsp3) is 0.636. The molecule has 5 nitrogen and oxygen atoms in total. The second-order valence-electron chi connectivity index (χ2n) is 8.94. The number of para-hydroxylation sites is 1. The molecule has 2 rings (SSSR count). The number of carbonyl (C=O) groups excluding carboxylic acids is 2. The standard InChI is InChI=1S/C22H34N2O3/c1-14(2)16-10-8-11-17(15(3)4)19(16)23-20(25)18-12-9-13-24(18)21(26)27-22(5,6)7/h8,10-11,14-15,18H,9,12-13H2,1-7H3,(H,23,25)/t18-/m0/s1. The maximum atomic E-state index is 13.1. The summed E-state index contributed by atoms with van der Waals surface area (Å²) < 4.78 is 5.48. The van der Waals surface area contributed by atoms with Crippen molar-refractivity contribution in [1.29, 1.82) is 0 Å². The van der Waals surface area contributed by atoms with E-state index in [4.69, 9.17) is 4.74 Å². The Balaban J connectivity index is 2.25. The molecule has 1 aromatic carbocycles. The molecule has 0 aromatic heterocycles. The molecule has 2 amide bonds. The number of hydrogen-bond donors (Lipinski definition) is 1. The van der Waals surface area contributed by atoms with Gasteiger partial charge in [0.2, 0.25) is 5.91 Å². The van der Waals surface area contributed by atoms with Crippen LogP contribution < -0.4 is 5.32 Å². The van der Waals surface area contributed by atoms with Crippen LogP contribution in [0.2, 0.25) is 0 Å². The summed E-state index contributed by atoms with van der Waals surface area (Å²) in [6.45, 7) is 14.6. The van der Waals surface area contributed by atoms with Gasteiger partial charge in [0.1, 0.15) is 11.6 Å². The highest BCUT2D eigenvalue weighted by Crippen LogP contribution is 2.33. The Hall–Kier alpha value is -2.04. The summed E-state index contributed by atoms with van der Waals surface area (Å²) in [5.41, 5.74) is 2.56. The van der Waals surface area contributed by atoms with Crippen LogP contribution in [0.1, 0.15) is 84.3 Å². The van der Waals surface area contributed by atoms with Gasteiger partial charge >= 0.3 is 6.09 Å². The van der Waals surface area contributed by atoms with E-state index in [1.54, 1.807) is 4.90 Å². The Morgan fingerprint density at radius 1 is 1.11 bits per heavy atom. The van der Waals surface area contributed by atoms with Gasteiger partial charge in [-0.15, -0.1) is 0 Å². The van der Waals surface area contributed by atoms with Crippen LogP contribution in [0.4, 0.5) is 10.5 Å². The van der Waals surface area contributed by atoms with Crippen molar-refractivity contribution in [2.75, 3.05) is 11.9 Å². The van der Waals surface area contributed by atoms with Crippen LogP contribution in [-0.2, 0) is 9.53 Å². The van der Waals surface area contributed by atoms with Crippen molar-refractivity contribution in [2.24, 2.45) is 0 Å². The second-order valence-corrected chi connectivity index (χ2v) is 8.94. The van der Waals surface area contributed by atoms with Crippen molar-refractivity contribution in [3.8, 4) is 0 Å². The zero-order valence-corrected chi connectivity index (χ0v) is 17.8. The molecule has 1 aliphatic heterocycles. The van der Waals surface area contributed by atoms with E-state index < -0.39 is 17.7 Å². The lowest BCUT2D eigenvalue weighted by atomic mass is 9.92. The Morgan fingerprint density at radius 3 is 2.15 bits per heavy atom. The normalized spacial score (nSPS) is 17.5. The number of amides is 2. The molecular formula is C22H34N2O3. The third-order valence-corrected chi connectivity index (χ3v) is 4.80. The fourth-order valence-corrected chi connectivity index (χ4v) is 3.48. The van der Waals surface area contributed by atoms with Crippen LogP contribution in [0.5, 0.6) is 0 Å². The smallest absolute Gasteiger partial charge is 0.410 e. The first-order chi connectivity index (χ1) is 12.5. The van der Waals surface area contributed by atoms with Crippen molar-refractivity contribution >= 4 is 17.7 Å². The highest BCUT2D eigenvalue weighted by atomic mass is 16.6. The lowest BCUT2D eigenvalue weighted by Crippen LogP contribution is -2.45. The highest BCUT2D eigenvalue weighted by molar-refractivity contribution is 5.98. The lowest BCUT2D eigenvalue weighted by molar-refractivity contribution is -0.120. The molecule has 0 radical (unpaired) electrons. The molecule has 1 aromatic rings. The molecule has 1 N–H and O–H groups in total. The molecule has 1 heterocycles. The average Bonchev–Trinajstić information content (AvgIpc) is 3.02. The minimum absolute atomic E-state index is 0.131. The van der Waals surface area contributed by atoms with Gasteiger partial charge in [-0.1, -0.05) is 45.9 Å². The summed E-state index contributed by atoms with van der Waals surface area (Å²) in [4.78, 5) is 27.1. The van der Waals surface area contributed by atoms with Crippen LogP contribution in [0, 0.1) is 0 Å². The van der Waals surface area contributed by atoms with Crippen molar-refractivity contribution in [2.45, 2.75) is 84.8 Å². The molecule has 1 aliphatic rings. The topological polar surface area (TPSA) is 58.6 Å². The van der Waals surface area contributed by atoms with Gasteiger partial charge < -0.3 is 10.1 Å². The minimum atomic E-state index is -0.574. The fourth-order valence-electron chi connectivity index (χ4n) is 3.48. The number of nitrogens with zero attached hydrogens (tertiary/aromatic N) is 1. The number of nitrogens with one attached hydrogen (secondary N) is 1. The summed E-state index contributed by atoms with van der Waals surface area (Å²) in [5.74, 6) is 0.461. The first kappa shape index (κ1) is 21.3. The number of benzene rings is 1. The van der Waals surface area contributed by atoms with Crippen molar-refractivity contribution in [3.05, 3.63) is 29.3 Å². The van der Waals surface area contributed by atoms with Crippen molar-refractivity contribution in [1.82, 2.24) is 4.90 Å². The summed E-state index contributed by atoms with van der Waals surface area (Å²) in [7, 11) is 0. The summed E-state index contributed by atoms with van der Waals surface area (Å²) in [6, 6.07) is 5.68. The predicted octanol–water partition coefficient (Wildman–Crippen LogP) is 5.27. The molecular weight excluding hydrogens is 340 g/mol. The maximum absolute atomic E-state index is 13.1. The number of anilines is 1. The van der Waals surface area contributed by atoms with Gasteiger partial charge in [-0.05, 0) is 56.6 Å². The molecule has 150 valence electrons. The van der Waals surface area contributed by atoms with E-state index in [2.05, 4.69) is 45.1 Å². The summed E-state index contributed by atoms with van der Waals surface area (Å²) >= 11 is 0. The van der Waals surface area contributed by atoms with E-state index in [-0.39, 0.29) is 5.91 Å². The third-order valence-electron chi connectivity index (χ3n) is 4.80. The van der Waals surface area contributed by atoms with E-state index >= 15 is 0 Å². The van der Waals surface area contributed by atoms with E-state index in [9.17, 15) is 9.59 Å². The number of rotatable bonds is 4. The quantitative estimate of drug-likeness (QED) is 0.781. The summed E-state index contributed by atoms with van der Waals surface area (Å²) in [6.07, 6.45) is 1.05. The molecule has 0 aliphatic carbocycles. The molecule has 0 bridgehead atoms. The van der Waals surface area contributed by atoms with Gasteiger partial charge in [0.15, 0.2) is 0 Å². The predicted molar refractivity (Wildman–Crippen MR) is 109 cm³/mol. The van der Waals surface area contributed by atoms with Crippen LogP contribution in [0.15, 0.2) is 18.2 Å². The Morgan fingerprint density at radius 2 is 1.67 bits per heavy atom. The largest absolute Gasteiger partial charge is 0.444 e. The van der Waals surface area contributed by atoms with Gasteiger partial charge in [0, 0.05) is 12.2 Å². The maximum Gasteiger partial charge on any atom is 0.410 e. The van der Waals surface area contributed by atoms with E-state index in [0.29, 0.717) is 24.8 Å². The number of hydrogen-bond acceptors (Lipinski definition) is 3. The first-order valence-electron chi connectivity index (χ1n) is 9.94. The SMILES string of the molecule is CC(C)c1cccc(C(C)C)c1NC(=O)[C@@H]1CCCN1C(=O)OC(C)(C)C. The van der Waals surface area contributed by atoms with Gasteiger partial charge in [0.05, 0.1) is 0 Å². The second kappa shape index (κ2) is 8.32. The van der Waals surface area contributed by atoms with Crippen LogP contribution in [-0.4, -0.2) is 35.1 Å². The molecule has 5 heteroatoms. The minimum Gasteiger partial charge on any atom is -0.444 e. The first-order valence-corrected chi connectivity index (χ1v) is 9.94. The number of carbonyl (C=O) groups is 2. The lowest BCUT2D eigenvalue weighted by Gasteiger charge is -2.29. The van der Waals surface area contributed by atoms with Gasteiger partial charge in [-0.3, -0.25) is 9.69 Å². The van der Waals surface area contributed by atoms with Crippen molar-refractivity contribution < 1.29 is 14.3 Å². The van der Waals surface area contributed by atoms with Gasteiger partial charge in [-0.25, -0.2) is 4.79 Å². The van der Waals surface area contributed by atoms with Crippen molar-refractivity contribution in [3.63, 3.8) is 0 Å². The molecule has 0 spiro atoms. The number of ether oxygens (including phenoxy) is 1. The van der Waals surface area contributed by atoms with E-state index in [1.807, 2.05) is 26.8 Å². The molecule has 27 heavy (non-hydrogen) atoms.